The van der Waals surface area contributed by atoms with Crippen LogP contribution in [-0.2, 0) is 6.42 Å². The Morgan fingerprint density at radius 2 is 2.11 bits per heavy atom. The molecule has 0 aliphatic rings. The molecule has 0 saturated carbocycles. The maximum absolute atomic E-state index is 9.02. The van der Waals surface area contributed by atoms with Gasteiger partial charge < -0.3 is 10.1 Å². The number of hydrogen-bond acceptors (Lipinski definition) is 5. The van der Waals surface area contributed by atoms with E-state index in [0.717, 1.165) is 0 Å². The lowest BCUT2D eigenvalue weighted by atomic mass is 10.2. The molecule has 0 bridgehead atoms. The first kappa shape index (κ1) is 12.8. The quantitative estimate of drug-likeness (QED) is 0.908. The number of benzene rings is 1. The van der Waals surface area contributed by atoms with Crippen molar-refractivity contribution in [1.82, 2.24) is 9.97 Å². The molecule has 0 amide bonds. The molecule has 96 valence electrons. The molecule has 5 nitrogen and oxygen atoms in total. The number of nitrogens with one attached hydrogen (secondary N) is 1. The predicted molar refractivity (Wildman–Crippen MR) is 72.2 cm³/mol. The zero-order valence-corrected chi connectivity index (χ0v) is 10.8. The molecule has 0 saturated heterocycles. The zero-order valence-electron chi connectivity index (χ0n) is 10.8. The van der Waals surface area contributed by atoms with Crippen LogP contribution in [0.15, 0.2) is 30.3 Å². The van der Waals surface area contributed by atoms with Crippen LogP contribution >= 0.6 is 0 Å². The van der Waals surface area contributed by atoms with E-state index in [1.54, 1.807) is 31.3 Å². The van der Waals surface area contributed by atoms with E-state index in [2.05, 4.69) is 21.4 Å². The number of anilines is 1. The first-order chi connectivity index (χ1) is 9.26. The standard InChI is InChI=1S/C14H14N4O/c1-3-12-17-13(16-2)8-14(18-12)19-11-7-5-4-6-10(11)9-15/h4-8H,3H2,1-2H3,(H,16,17,18). The van der Waals surface area contributed by atoms with E-state index >= 15 is 0 Å². The third-order valence-corrected chi connectivity index (χ3v) is 2.54. The number of para-hydroxylation sites is 1. The number of aryl methyl sites for hydroxylation is 1. The summed E-state index contributed by atoms with van der Waals surface area (Å²) in [6.07, 6.45) is 0.714. The normalized spacial score (nSPS) is 9.74. The Bertz CT molecular complexity index is 597. The summed E-state index contributed by atoms with van der Waals surface area (Å²) in [7, 11) is 1.79. The molecule has 5 heteroatoms. The van der Waals surface area contributed by atoms with Gasteiger partial charge in [-0.15, -0.1) is 0 Å². The predicted octanol–water partition coefficient (Wildman–Crippen LogP) is 2.74. The SMILES string of the molecule is CCc1nc(NC)cc(Oc2ccccc2C#N)n1. The van der Waals surface area contributed by atoms with Gasteiger partial charge in [0.2, 0.25) is 5.88 Å². The average Bonchev–Trinajstić information content (AvgIpc) is 2.47. The highest BCUT2D eigenvalue weighted by atomic mass is 16.5. The second kappa shape index (κ2) is 5.83. The van der Waals surface area contributed by atoms with Crippen molar-refractivity contribution in [3.8, 4) is 17.7 Å². The molecule has 1 aromatic carbocycles. The largest absolute Gasteiger partial charge is 0.437 e. The van der Waals surface area contributed by atoms with E-state index < -0.39 is 0 Å². The molecule has 0 atom stereocenters. The highest BCUT2D eigenvalue weighted by Crippen LogP contribution is 2.24. The van der Waals surface area contributed by atoms with E-state index in [1.807, 2.05) is 13.0 Å². The van der Waals surface area contributed by atoms with Crippen LogP contribution in [0.2, 0.25) is 0 Å². The first-order valence-corrected chi connectivity index (χ1v) is 5.99. The fourth-order valence-corrected chi connectivity index (χ4v) is 1.57. The number of hydrogen-bond donors (Lipinski definition) is 1. The molecule has 2 aromatic rings. The molecule has 0 fully saturated rings. The lowest BCUT2D eigenvalue weighted by Crippen LogP contribution is -2.01. The van der Waals surface area contributed by atoms with Crippen LogP contribution in [0.25, 0.3) is 0 Å². The minimum Gasteiger partial charge on any atom is -0.437 e. The van der Waals surface area contributed by atoms with Crippen molar-refractivity contribution in [2.24, 2.45) is 0 Å². The minimum atomic E-state index is 0.430. The van der Waals surface area contributed by atoms with Gasteiger partial charge in [0.25, 0.3) is 0 Å². The van der Waals surface area contributed by atoms with Crippen LogP contribution in [0.3, 0.4) is 0 Å². The van der Waals surface area contributed by atoms with Gasteiger partial charge in [-0.1, -0.05) is 19.1 Å². The Morgan fingerprint density at radius 3 is 2.79 bits per heavy atom. The van der Waals surface area contributed by atoms with Crippen LogP contribution in [0.1, 0.15) is 18.3 Å². The van der Waals surface area contributed by atoms with Gasteiger partial charge in [0.05, 0.1) is 5.56 Å². The van der Waals surface area contributed by atoms with Gasteiger partial charge in [-0.05, 0) is 12.1 Å². The van der Waals surface area contributed by atoms with E-state index in [-0.39, 0.29) is 0 Å². The summed E-state index contributed by atoms with van der Waals surface area (Å²) in [6, 6.07) is 10.8. The molecule has 0 aliphatic carbocycles. The molecular weight excluding hydrogens is 240 g/mol. The Hall–Kier alpha value is -2.61. The van der Waals surface area contributed by atoms with E-state index in [1.165, 1.54) is 0 Å². The van der Waals surface area contributed by atoms with E-state index in [4.69, 9.17) is 10.00 Å². The van der Waals surface area contributed by atoms with Gasteiger partial charge in [-0.25, -0.2) is 4.98 Å². The van der Waals surface area contributed by atoms with E-state index in [9.17, 15) is 0 Å². The van der Waals surface area contributed by atoms with Gasteiger partial charge in [0.15, 0.2) is 0 Å². The number of rotatable bonds is 4. The number of ether oxygens (including phenoxy) is 1. The van der Waals surface area contributed by atoms with Crippen molar-refractivity contribution in [2.75, 3.05) is 12.4 Å². The lowest BCUT2D eigenvalue weighted by Gasteiger charge is -2.09. The van der Waals surface area contributed by atoms with Crippen LogP contribution in [0, 0.1) is 11.3 Å². The summed E-state index contributed by atoms with van der Waals surface area (Å²) in [5.74, 6) is 2.30. The molecular formula is C14H14N4O. The van der Waals surface area contributed by atoms with Crippen molar-refractivity contribution in [2.45, 2.75) is 13.3 Å². The maximum atomic E-state index is 9.02. The Kier molecular flexibility index (Phi) is 3.94. The smallest absolute Gasteiger partial charge is 0.224 e. The number of nitriles is 1. The summed E-state index contributed by atoms with van der Waals surface area (Å²) >= 11 is 0. The third-order valence-electron chi connectivity index (χ3n) is 2.54. The zero-order chi connectivity index (χ0) is 13.7. The second-order valence-corrected chi connectivity index (χ2v) is 3.82. The summed E-state index contributed by atoms with van der Waals surface area (Å²) < 4.78 is 5.67. The van der Waals surface area contributed by atoms with Crippen molar-refractivity contribution in [3.63, 3.8) is 0 Å². The van der Waals surface area contributed by atoms with Crippen LogP contribution < -0.4 is 10.1 Å². The Balaban J connectivity index is 2.35. The average molecular weight is 254 g/mol. The van der Waals surface area contributed by atoms with Gasteiger partial charge in [0, 0.05) is 19.5 Å². The van der Waals surface area contributed by atoms with Crippen LogP contribution in [0.5, 0.6) is 11.6 Å². The summed E-state index contributed by atoms with van der Waals surface area (Å²) in [6.45, 7) is 1.97. The van der Waals surface area contributed by atoms with Crippen molar-refractivity contribution in [1.29, 1.82) is 5.26 Å². The third kappa shape index (κ3) is 2.99. The molecule has 19 heavy (non-hydrogen) atoms. The highest BCUT2D eigenvalue weighted by Gasteiger charge is 2.07. The molecule has 1 N–H and O–H groups in total. The molecule has 1 aromatic heterocycles. The maximum Gasteiger partial charge on any atom is 0.224 e. The Labute approximate surface area is 111 Å². The number of aromatic nitrogens is 2. The second-order valence-electron chi connectivity index (χ2n) is 3.82. The van der Waals surface area contributed by atoms with Gasteiger partial charge in [0.1, 0.15) is 23.5 Å². The van der Waals surface area contributed by atoms with Crippen molar-refractivity contribution >= 4 is 5.82 Å². The van der Waals surface area contributed by atoms with Crippen molar-refractivity contribution < 1.29 is 4.74 Å². The van der Waals surface area contributed by atoms with Gasteiger partial charge >= 0.3 is 0 Å². The molecule has 1 heterocycles. The molecule has 0 aliphatic heterocycles. The fourth-order valence-electron chi connectivity index (χ4n) is 1.57. The highest BCUT2D eigenvalue weighted by molar-refractivity contribution is 5.45. The van der Waals surface area contributed by atoms with Crippen LogP contribution in [-0.4, -0.2) is 17.0 Å². The van der Waals surface area contributed by atoms with Gasteiger partial charge in [-0.2, -0.15) is 10.2 Å². The molecule has 0 spiro atoms. The number of nitrogens with zero attached hydrogens (tertiary/aromatic N) is 3. The molecule has 0 radical (unpaired) electrons. The summed E-state index contributed by atoms with van der Waals surface area (Å²) in [5.41, 5.74) is 0.477. The monoisotopic (exact) mass is 254 g/mol. The molecule has 2 rings (SSSR count). The molecule has 0 unspecified atom stereocenters. The summed E-state index contributed by atoms with van der Waals surface area (Å²) in [5, 5.41) is 12.0. The fraction of sp³-hybridized carbons (Fsp3) is 0.214. The lowest BCUT2D eigenvalue weighted by molar-refractivity contribution is 0.458. The van der Waals surface area contributed by atoms with E-state index in [0.29, 0.717) is 35.3 Å². The minimum absolute atomic E-state index is 0.430. The van der Waals surface area contributed by atoms with Crippen LogP contribution in [0.4, 0.5) is 5.82 Å². The summed E-state index contributed by atoms with van der Waals surface area (Å²) in [4.78, 5) is 8.58. The topological polar surface area (TPSA) is 70.8 Å². The van der Waals surface area contributed by atoms with Crippen molar-refractivity contribution in [3.05, 3.63) is 41.7 Å². The van der Waals surface area contributed by atoms with Gasteiger partial charge in [-0.3, -0.25) is 0 Å². The Morgan fingerprint density at radius 1 is 1.32 bits per heavy atom. The first-order valence-electron chi connectivity index (χ1n) is 5.99.